The average Bonchev–Trinajstić information content (AvgIpc) is 2.80. The summed E-state index contributed by atoms with van der Waals surface area (Å²) in [4.78, 5) is 14.1. The number of hydrogen-bond acceptors (Lipinski definition) is 3. The summed E-state index contributed by atoms with van der Waals surface area (Å²) in [6, 6.07) is 7.61. The minimum absolute atomic E-state index is 0.0697. The molecule has 0 saturated heterocycles. The van der Waals surface area contributed by atoms with Crippen LogP contribution in [0.1, 0.15) is 34.6 Å². The van der Waals surface area contributed by atoms with Gasteiger partial charge in [0, 0.05) is 5.92 Å². The van der Waals surface area contributed by atoms with E-state index in [1.165, 1.54) is 4.80 Å². The van der Waals surface area contributed by atoms with Crippen LogP contribution in [0.5, 0.6) is 0 Å². The van der Waals surface area contributed by atoms with Crippen molar-refractivity contribution < 1.29 is 4.79 Å². The minimum Gasteiger partial charge on any atom is -0.292 e. The maximum Gasteiger partial charge on any atom is 0.186 e. The van der Waals surface area contributed by atoms with E-state index in [0.717, 1.165) is 11.0 Å². The SMILES string of the molecule is C/C=C(\C(=O)C(C)C(C)(C)C)n1nc2ccccc2n1. The summed E-state index contributed by atoms with van der Waals surface area (Å²) in [7, 11) is 0. The molecule has 2 aromatic rings. The Balaban J connectivity index is 2.40. The standard InChI is InChI=1S/C16H21N3O/c1-6-14(15(20)11(2)16(3,4)5)19-17-12-9-7-8-10-13(12)18-19/h6-11H,1-5H3/b14-6+. The normalized spacial score (nSPS) is 14.6. The van der Waals surface area contributed by atoms with E-state index >= 15 is 0 Å². The van der Waals surface area contributed by atoms with Crippen LogP contribution in [0.4, 0.5) is 0 Å². The molecule has 0 saturated carbocycles. The van der Waals surface area contributed by atoms with Crippen molar-refractivity contribution in [1.29, 1.82) is 0 Å². The number of hydrogen-bond donors (Lipinski definition) is 0. The zero-order valence-corrected chi connectivity index (χ0v) is 12.7. The lowest BCUT2D eigenvalue weighted by Crippen LogP contribution is -2.28. The highest BCUT2D eigenvalue weighted by molar-refractivity contribution is 6.15. The first kappa shape index (κ1) is 14.4. The van der Waals surface area contributed by atoms with Crippen molar-refractivity contribution in [1.82, 2.24) is 15.0 Å². The van der Waals surface area contributed by atoms with Crippen LogP contribution in [0.2, 0.25) is 0 Å². The third-order valence-electron chi connectivity index (χ3n) is 3.72. The minimum atomic E-state index is -0.0946. The number of carbonyl (C=O) groups excluding carboxylic acids is 1. The molecule has 1 aromatic heterocycles. The summed E-state index contributed by atoms with van der Waals surface area (Å²) in [5, 5.41) is 8.77. The van der Waals surface area contributed by atoms with Gasteiger partial charge in [-0.1, -0.05) is 45.9 Å². The maximum absolute atomic E-state index is 12.6. The molecule has 2 rings (SSSR count). The van der Waals surface area contributed by atoms with E-state index in [0.29, 0.717) is 5.70 Å². The number of benzene rings is 1. The molecule has 4 heteroatoms. The molecule has 0 radical (unpaired) electrons. The number of aromatic nitrogens is 3. The lowest BCUT2D eigenvalue weighted by molar-refractivity contribution is -0.120. The summed E-state index contributed by atoms with van der Waals surface area (Å²) >= 11 is 0. The van der Waals surface area contributed by atoms with Gasteiger partial charge < -0.3 is 0 Å². The van der Waals surface area contributed by atoms with Crippen molar-refractivity contribution in [3.8, 4) is 0 Å². The van der Waals surface area contributed by atoms with Gasteiger partial charge in [0.2, 0.25) is 0 Å². The highest BCUT2D eigenvalue weighted by atomic mass is 16.1. The first-order chi connectivity index (χ1) is 9.34. The first-order valence-electron chi connectivity index (χ1n) is 6.87. The van der Waals surface area contributed by atoms with Gasteiger partial charge in [-0.15, -0.1) is 15.0 Å². The molecule has 0 bridgehead atoms. The molecule has 0 amide bonds. The topological polar surface area (TPSA) is 47.8 Å². The summed E-state index contributed by atoms with van der Waals surface area (Å²) < 4.78 is 0. The van der Waals surface area contributed by atoms with Crippen molar-refractivity contribution in [3.63, 3.8) is 0 Å². The van der Waals surface area contributed by atoms with E-state index in [1.807, 2.05) is 38.1 Å². The summed E-state index contributed by atoms with van der Waals surface area (Å²) in [5.41, 5.74) is 2.03. The van der Waals surface area contributed by atoms with Gasteiger partial charge in [0.05, 0.1) is 0 Å². The zero-order valence-electron chi connectivity index (χ0n) is 12.7. The Labute approximate surface area is 119 Å². The number of ketones is 1. The van der Waals surface area contributed by atoms with Crippen molar-refractivity contribution in [3.05, 3.63) is 30.3 Å². The lowest BCUT2D eigenvalue weighted by Gasteiger charge is -2.26. The largest absolute Gasteiger partial charge is 0.292 e. The van der Waals surface area contributed by atoms with Crippen LogP contribution < -0.4 is 0 Å². The number of allylic oxidation sites excluding steroid dienone is 2. The van der Waals surface area contributed by atoms with Gasteiger partial charge in [-0.2, -0.15) is 0 Å². The molecule has 1 atom stereocenters. The smallest absolute Gasteiger partial charge is 0.186 e. The van der Waals surface area contributed by atoms with E-state index < -0.39 is 0 Å². The predicted molar refractivity (Wildman–Crippen MR) is 81.1 cm³/mol. The third-order valence-corrected chi connectivity index (χ3v) is 3.72. The highest BCUT2D eigenvalue weighted by Crippen LogP contribution is 2.29. The molecular weight excluding hydrogens is 250 g/mol. The van der Waals surface area contributed by atoms with Crippen LogP contribution in [-0.4, -0.2) is 20.8 Å². The van der Waals surface area contributed by atoms with Gasteiger partial charge in [-0.3, -0.25) is 4.79 Å². The number of carbonyl (C=O) groups is 1. The number of fused-ring (bicyclic) bond motifs is 1. The summed E-state index contributed by atoms with van der Waals surface area (Å²) in [6.45, 7) is 9.99. The van der Waals surface area contributed by atoms with E-state index in [-0.39, 0.29) is 17.1 Å². The van der Waals surface area contributed by atoms with Crippen molar-refractivity contribution in [2.75, 3.05) is 0 Å². The molecule has 0 aliphatic carbocycles. The van der Waals surface area contributed by atoms with E-state index in [9.17, 15) is 4.79 Å². The summed E-state index contributed by atoms with van der Waals surface area (Å²) in [6.07, 6.45) is 1.78. The predicted octanol–water partition coefficient (Wildman–Crippen LogP) is 3.54. The summed E-state index contributed by atoms with van der Waals surface area (Å²) in [5.74, 6) is -0.0249. The van der Waals surface area contributed by atoms with Crippen LogP contribution in [0.15, 0.2) is 30.3 Å². The van der Waals surface area contributed by atoms with E-state index in [4.69, 9.17) is 0 Å². The fraction of sp³-hybridized carbons (Fsp3) is 0.438. The molecule has 1 aromatic carbocycles. The number of nitrogens with zero attached hydrogens (tertiary/aromatic N) is 3. The lowest BCUT2D eigenvalue weighted by atomic mass is 9.78. The van der Waals surface area contributed by atoms with E-state index in [2.05, 4.69) is 31.0 Å². The van der Waals surface area contributed by atoms with Crippen LogP contribution >= 0.6 is 0 Å². The number of Topliss-reactive ketones (excluding diaryl/α,β-unsaturated/α-hetero) is 1. The molecule has 0 aliphatic rings. The molecular formula is C16H21N3O. The maximum atomic E-state index is 12.6. The Morgan fingerprint density at radius 3 is 2.10 bits per heavy atom. The molecule has 0 spiro atoms. The second kappa shape index (κ2) is 5.19. The van der Waals surface area contributed by atoms with Crippen LogP contribution in [0, 0.1) is 11.3 Å². The Bertz CT molecular complexity index is 629. The van der Waals surface area contributed by atoms with E-state index in [1.54, 1.807) is 6.08 Å². The van der Waals surface area contributed by atoms with Crippen LogP contribution in [-0.2, 0) is 4.79 Å². The van der Waals surface area contributed by atoms with Gasteiger partial charge in [-0.25, -0.2) is 0 Å². The van der Waals surface area contributed by atoms with Gasteiger partial charge in [-0.05, 0) is 24.5 Å². The molecule has 0 N–H and O–H groups in total. The Morgan fingerprint density at radius 2 is 1.70 bits per heavy atom. The Kier molecular flexibility index (Phi) is 3.75. The molecule has 1 heterocycles. The molecule has 1 unspecified atom stereocenters. The highest BCUT2D eigenvalue weighted by Gasteiger charge is 2.30. The quantitative estimate of drug-likeness (QED) is 0.802. The van der Waals surface area contributed by atoms with Gasteiger partial charge in [0.25, 0.3) is 0 Å². The second-order valence-corrected chi connectivity index (χ2v) is 6.10. The monoisotopic (exact) mass is 271 g/mol. The fourth-order valence-corrected chi connectivity index (χ4v) is 1.94. The van der Waals surface area contributed by atoms with Gasteiger partial charge in [0.15, 0.2) is 5.78 Å². The van der Waals surface area contributed by atoms with Crippen LogP contribution in [0.25, 0.3) is 16.7 Å². The molecule has 20 heavy (non-hydrogen) atoms. The van der Waals surface area contributed by atoms with Gasteiger partial charge >= 0.3 is 0 Å². The first-order valence-corrected chi connectivity index (χ1v) is 6.87. The Hall–Kier alpha value is -1.97. The van der Waals surface area contributed by atoms with Crippen molar-refractivity contribution >= 4 is 22.5 Å². The molecule has 0 aliphatic heterocycles. The molecule has 106 valence electrons. The third kappa shape index (κ3) is 2.64. The average molecular weight is 271 g/mol. The zero-order chi connectivity index (χ0) is 14.9. The second-order valence-electron chi connectivity index (χ2n) is 6.10. The van der Waals surface area contributed by atoms with Crippen molar-refractivity contribution in [2.45, 2.75) is 34.6 Å². The Morgan fingerprint density at radius 1 is 1.20 bits per heavy atom. The van der Waals surface area contributed by atoms with Crippen molar-refractivity contribution in [2.24, 2.45) is 11.3 Å². The van der Waals surface area contributed by atoms with Gasteiger partial charge in [0.1, 0.15) is 16.7 Å². The molecule has 4 nitrogen and oxygen atoms in total. The fourth-order valence-electron chi connectivity index (χ4n) is 1.94. The number of rotatable bonds is 3. The molecule has 0 fully saturated rings. The van der Waals surface area contributed by atoms with Crippen LogP contribution in [0.3, 0.4) is 0 Å².